The number of hydrogen-bond donors (Lipinski definition) is 1. The number of halogens is 1. The monoisotopic (exact) mass is 377 g/mol. The third-order valence-electron chi connectivity index (χ3n) is 3.08. The van der Waals surface area contributed by atoms with Crippen molar-refractivity contribution < 1.29 is 17.9 Å². The minimum atomic E-state index is -3.88. The minimum Gasteiger partial charge on any atom is -0.462 e. The van der Waals surface area contributed by atoms with E-state index in [1.54, 1.807) is 13.0 Å². The number of carbonyl (C=O) groups is 1. The van der Waals surface area contributed by atoms with E-state index in [0.29, 0.717) is 16.6 Å². The largest absolute Gasteiger partial charge is 0.462 e. The highest BCUT2D eigenvalue weighted by Gasteiger charge is 2.20. The van der Waals surface area contributed by atoms with Gasteiger partial charge in [0.2, 0.25) is 10.0 Å². The first kappa shape index (κ1) is 18.1. The van der Waals surface area contributed by atoms with Crippen LogP contribution < -0.4 is 5.14 Å². The van der Waals surface area contributed by atoms with Crippen molar-refractivity contribution in [3.8, 4) is 0 Å². The number of nitrogens with two attached hydrogens (primary N) is 1. The van der Waals surface area contributed by atoms with Gasteiger partial charge in [0.05, 0.1) is 17.1 Å². The summed E-state index contributed by atoms with van der Waals surface area (Å²) in [5.41, 5.74) is 0.517. The number of rotatable bonds is 7. The molecule has 21 heavy (non-hydrogen) atoms. The molecule has 0 aromatic heterocycles. The molecule has 0 spiro atoms. The fraction of sp³-hybridized carbons (Fsp3) is 0.500. The second-order valence-electron chi connectivity index (χ2n) is 4.82. The lowest BCUT2D eigenvalue weighted by molar-refractivity contribution is 0.0496. The van der Waals surface area contributed by atoms with E-state index in [0.717, 1.165) is 25.7 Å². The van der Waals surface area contributed by atoms with Gasteiger partial charge in [-0.25, -0.2) is 18.4 Å². The summed E-state index contributed by atoms with van der Waals surface area (Å²) >= 11 is 3.18. The zero-order chi connectivity index (χ0) is 16.0. The quantitative estimate of drug-likeness (QED) is 0.583. The van der Waals surface area contributed by atoms with Crippen molar-refractivity contribution in [1.29, 1.82) is 0 Å². The normalized spacial score (nSPS) is 11.4. The highest BCUT2D eigenvalue weighted by molar-refractivity contribution is 9.10. The van der Waals surface area contributed by atoms with Crippen LogP contribution in [0.15, 0.2) is 21.5 Å². The predicted octanol–water partition coefficient (Wildman–Crippen LogP) is 3.14. The molecule has 7 heteroatoms. The second kappa shape index (κ2) is 7.91. The summed E-state index contributed by atoms with van der Waals surface area (Å²) in [6.07, 6.45) is 4.01. The first-order valence-corrected chi connectivity index (χ1v) is 9.11. The molecule has 0 aliphatic carbocycles. The third kappa shape index (κ3) is 5.41. The smallest absolute Gasteiger partial charge is 0.338 e. The number of hydrogen-bond acceptors (Lipinski definition) is 4. The molecule has 1 aromatic carbocycles. The summed E-state index contributed by atoms with van der Waals surface area (Å²) < 4.78 is 28.7. The molecular weight excluding hydrogens is 358 g/mol. The first-order valence-electron chi connectivity index (χ1n) is 6.77. The van der Waals surface area contributed by atoms with Crippen LogP contribution in [-0.2, 0) is 14.8 Å². The highest BCUT2D eigenvalue weighted by atomic mass is 79.9. The van der Waals surface area contributed by atoms with Crippen molar-refractivity contribution in [3.63, 3.8) is 0 Å². The van der Waals surface area contributed by atoms with E-state index in [1.165, 1.54) is 6.07 Å². The van der Waals surface area contributed by atoms with Gasteiger partial charge >= 0.3 is 5.97 Å². The molecule has 0 atom stereocenters. The molecule has 0 saturated heterocycles. The van der Waals surface area contributed by atoms with Crippen molar-refractivity contribution in [3.05, 3.63) is 27.7 Å². The van der Waals surface area contributed by atoms with Gasteiger partial charge in [0, 0.05) is 4.47 Å². The average molecular weight is 378 g/mol. The molecule has 0 bridgehead atoms. The van der Waals surface area contributed by atoms with Crippen molar-refractivity contribution >= 4 is 31.9 Å². The fourth-order valence-electron chi connectivity index (χ4n) is 1.93. The predicted molar refractivity (Wildman–Crippen MR) is 84.7 cm³/mol. The molecule has 0 saturated carbocycles. The van der Waals surface area contributed by atoms with Crippen molar-refractivity contribution in [2.24, 2.45) is 5.14 Å². The Balaban J connectivity index is 2.88. The minimum absolute atomic E-state index is 0.0743. The molecular formula is C14H20BrNO4S. The Morgan fingerprint density at radius 1 is 1.29 bits per heavy atom. The van der Waals surface area contributed by atoms with Crippen LogP contribution in [0.25, 0.3) is 0 Å². The van der Waals surface area contributed by atoms with Crippen LogP contribution in [-0.4, -0.2) is 21.0 Å². The van der Waals surface area contributed by atoms with Gasteiger partial charge in [-0.05, 0) is 31.0 Å². The summed E-state index contributed by atoms with van der Waals surface area (Å²) in [6.45, 7) is 3.97. The van der Waals surface area contributed by atoms with Crippen molar-refractivity contribution in [2.75, 3.05) is 6.61 Å². The van der Waals surface area contributed by atoms with E-state index in [9.17, 15) is 13.2 Å². The molecule has 5 nitrogen and oxygen atoms in total. The zero-order valence-electron chi connectivity index (χ0n) is 12.2. The van der Waals surface area contributed by atoms with Gasteiger partial charge in [-0.1, -0.05) is 42.1 Å². The lowest BCUT2D eigenvalue weighted by atomic mass is 10.1. The van der Waals surface area contributed by atoms with Crippen LogP contribution in [0, 0.1) is 6.92 Å². The van der Waals surface area contributed by atoms with Gasteiger partial charge in [-0.2, -0.15) is 0 Å². The topological polar surface area (TPSA) is 86.5 Å². The van der Waals surface area contributed by atoms with Gasteiger partial charge in [0.25, 0.3) is 0 Å². The van der Waals surface area contributed by atoms with Crippen LogP contribution in [0.2, 0.25) is 0 Å². The maximum absolute atomic E-state index is 12.1. The van der Waals surface area contributed by atoms with Crippen LogP contribution in [0.5, 0.6) is 0 Å². The van der Waals surface area contributed by atoms with E-state index in [2.05, 4.69) is 22.9 Å². The number of ether oxygens (including phenoxy) is 1. The van der Waals surface area contributed by atoms with Gasteiger partial charge < -0.3 is 4.74 Å². The molecule has 0 fully saturated rings. The Morgan fingerprint density at radius 3 is 2.52 bits per heavy atom. The molecule has 118 valence electrons. The number of carbonyl (C=O) groups excluding carboxylic acids is 1. The number of benzene rings is 1. The second-order valence-corrected chi connectivity index (χ2v) is 7.26. The molecule has 0 unspecified atom stereocenters. The van der Waals surface area contributed by atoms with Crippen molar-refractivity contribution in [1.82, 2.24) is 0 Å². The van der Waals surface area contributed by atoms with Crippen LogP contribution in [0.1, 0.15) is 48.5 Å². The van der Waals surface area contributed by atoms with E-state index in [4.69, 9.17) is 9.88 Å². The Labute approximate surface area is 134 Å². The van der Waals surface area contributed by atoms with Crippen LogP contribution in [0.3, 0.4) is 0 Å². The number of esters is 1. The summed E-state index contributed by atoms with van der Waals surface area (Å²) in [4.78, 5) is 12.0. The van der Waals surface area contributed by atoms with Crippen LogP contribution >= 0.6 is 15.9 Å². The van der Waals surface area contributed by atoms with Crippen molar-refractivity contribution in [2.45, 2.75) is 44.4 Å². The molecule has 0 amide bonds. The number of primary sulfonamides is 1. The lowest BCUT2D eigenvalue weighted by Crippen LogP contribution is -2.17. The van der Waals surface area contributed by atoms with E-state index in [-0.39, 0.29) is 10.5 Å². The SMILES string of the molecule is CCCCCCOC(=O)c1cc(Br)cc(S(N)(=O)=O)c1C. The molecule has 0 radical (unpaired) electrons. The van der Waals surface area contributed by atoms with Gasteiger partial charge in [0.1, 0.15) is 0 Å². The third-order valence-corrected chi connectivity index (χ3v) is 4.58. The molecule has 0 heterocycles. The summed E-state index contributed by atoms with van der Waals surface area (Å²) in [7, 11) is -3.88. The number of unbranched alkanes of at least 4 members (excludes halogenated alkanes) is 3. The van der Waals surface area contributed by atoms with E-state index >= 15 is 0 Å². The lowest BCUT2D eigenvalue weighted by Gasteiger charge is -2.11. The van der Waals surface area contributed by atoms with E-state index < -0.39 is 16.0 Å². The maximum atomic E-state index is 12.1. The summed E-state index contributed by atoms with van der Waals surface area (Å²) in [5.74, 6) is -0.532. The molecule has 0 aliphatic heterocycles. The average Bonchev–Trinajstić information content (AvgIpc) is 2.39. The van der Waals surface area contributed by atoms with Crippen LogP contribution in [0.4, 0.5) is 0 Å². The maximum Gasteiger partial charge on any atom is 0.338 e. The highest BCUT2D eigenvalue weighted by Crippen LogP contribution is 2.24. The molecule has 1 rings (SSSR count). The Bertz CT molecular complexity index is 614. The first-order chi connectivity index (χ1) is 9.77. The van der Waals surface area contributed by atoms with Gasteiger partial charge in [0.15, 0.2) is 0 Å². The fourth-order valence-corrected chi connectivity index (χ4v) is 3.37. The zero-order valence-corrected chi connectivity index (χ0v) is 14.6. The molecule has 2 N–H and O–H groups in total. The Kier molecular flexibility index (Phi) is 6.83. The summed E-state index contributed by atoms with van der Waals surface area (Å²) in [6, 6.07) is 2.92. The Morgan fingerprint density at radius 2 is 1.95 bits per heavy atom. The van der Waals surface area contributed by atoms with E-state index in [1.807, 2.05) is 0 Å². The molecule has 1 aromatic rings. The summed E-state index contributed by atoms with van der Waals surface area (Å²) in [5, 5.41) is 5.15. The van der Waals surface area contributed by atoms with Gasteiger partial charge in [-0.15, -0.1) is 0 Å². The Hall–Kier alpha value is -0.920. The molecule has 0 aliphatic rings. The van der Waals surface area contributed by atoms with Gasteiger partial charge in [-0.3, -0.25) is 0 Å². The standard InChI is InChI=1S/C14H20BrNO4S/c1-3-4-5-6-7-20-14(17)12-8-11(15)9-13(10(12)2)21(16,18)19/h8-9H,3-7H2,1-2H3,(H2,16,18,19). The number of sulfonamides is 1.